The van der Waals surface area contributed by atoms with E-state index in [0.717, 1.165) is 5.56 Å². The maximum absolute atomic E-state index is 13.4. The summed E-state index contributed by atoms with van der Waals surface area (Å²) in [6.07, 6.45) is 1.86. The van der Waals surface area contributed by atoms with Crippen LogP contribution in [0, 0.1) is 5.82 Å². The van der Waals surface area contributed by atoms with Crippen LogP contribution in [0.3, 0.4) is 0 Å². The van der Waals surface area contributed by atoms with Gasteiger partial charge < -0.3 is 10.2 Å². The Morgan fingerprint density at radius 2 is 1.74 bits per heavy atom. The number of sulfonamides is 1. The van der Waals surface area contributed by atoms with Crippen molar-refractivity contribution in [2.45, 2.75) is 26.2 Å². The van der Waals surface area contributed by atoms with Gasteiger partial charge in [0.2, 0.25) is 10.0 Å². The predicted octanol–water partition coefficient (Wildman–Crippen LogP) is 4.82. The van der Waals surface area contributed by atoms with Crippen molar-refractivity contribution >= 4 is 38.9 Å². The van der Waals surface area contributed by atoms with E-state index in [1.54, 1.807) is 42.2 Å². The van der Waals surface area contributed by atoms with Crippen molar-refractivity contribution in [1.82, 2.24) is 0 Å². The summed E-state index contributed by atoms with van der Waals surface area (Å²) in [5, 5.41) is 2.88. The third-order valence-corrected chi connectivity index (χ3v) is 7.20. The van der Waals surface area contributed by atoms with Crippen LogP contribution in [-0.2, 0) is 16.4 Å². The molecule has 3 aromatic carbocycles. The molecule has 1 aliphatic rings. The minimum atomic E-state index is -3.48. The number of hydrogen-bond acceptors (Lipinski definition) is 4. The predicted molar refractivity (Wildman–Crippen MR) is 135 cm³/mol. The van der Waals surface area contributed by atoms with E-state index in [9.17, 15) is 22.4 Å². The first-order valence-electron chi connectivity index (χ1n) is 11.4. The van der Waals surface area contributed by atoms with Crippen LogP contribution in [0.2, 0.25) is 0 Å². The number of fused-ring (bicyclic) bond motifs is 1. The quantitative estimate of drug-likeness (QED) is 0.491. The number of carbonyl (C=O) groups is 2. The molecular weight excluding hydrogens is 469 g/mol. The van der Waals surface area contributed by atoms with Crippen LogP contribution in [-0.4, -0.2) is 32.5 Å². The first-order chi connectivity index (χ1) is 16.8. The second-order valence-corrected chi connectivity index (χ2v) is 10.2. The Morgan fingerprint density at radius 3 is 2.49 bits per heavy atom. The van der Waals surface area contributed by atoms with E-state index in [4.69, 9.17) is 0 Å². The van der Waals surface area contributed by atoms with Crippen molar-refractivity contribution in [1.29, 1.82) is 0 Å². The van der Waals surface area contributed by atoms with Gasteiger partial charge in [-0.25, -0.2) is 12.8 Å². The fourth-order valence-corrected chi connectivity index (χ4v) is 5.24. The van der Waals surface area contributed by atoms with Crippen LogP contribution in [0.15, 0.2) is 66.7 Å². The molecule has 0 aliphatic carbocycles. The zero-order valence-electron chi connectivity index (χ0n) is 19.3. The lowest BCUT2D eigenvalue weighted by atomic mass is 9.98. The molecule has 1 aliphatic heterocycles. The molecule has 2 amide bonds. The van der Waals surface area contributed by atoms with Crippen molar-refractivity contribution in [2.24, 2.45) is 0 Å². The van der Waals surface area contributed by atoms with Crippen molar-refractivity contribution < 1.29 is 22.4 Å². The Morgan fingerprint density at radius 1 is 1.00 bits per heavy atom. The second kappa shape index (κ2) is 10.3. The molecule has 3 aromatic rings. The van der Waals surface area contributed by atoms with Crippen LogP contribution in [0.25, 0.3) is 0 Å². The van der Waals surface area contributed by atoms with E-state index in [1.807, 2.05) is 6.07 Å². The first kappa shape index (κ1) is 24.4. The first-order valence-corrected chi connectivity index (χ1v) is 13.0. The average Bonchev–Trinajstić information content (AvgIpc) is 2.83. The zero-order chi connectivity index (χ0) is 25.0. The minimum Gasteiger partial charge on any atom is -0.322 e. The van der Waals surface area contributed by atoms with Crippen LogP contribution in [0.5, 0.6) is 0 Å². The van der Waals surface area contributed by atoms with Crippen molar-refractivity contribution in [3.8, 4) is 0 Å². The Bertz CT molecular complexity index is 1360. The topological polar surface area (TPSA) is 95.6 Å². The number of benzene rings is 3. The molecule has 0 atom stereocenters. The maximum atomic E-state index is 13.4. The highest BCUT2D eigenvalue weighted by molar-refractivity contribution is 7.92. The van der Waals surface area contributed by atoms with E-state index < -0.39 is 15.8 Å². The van der Waals surface area contributed by atoms with E-state index in [2.05, 4.69) is 10.0 Å². The molecule has 0 fully saturated rings. The van der Waals surface area contributed by atoms with E-state index in [1.165, 1.54) is 30.3 Å². The Kier molecular flexibility index (Phi) is 7.16. The molecule has 0 saturated carbocycles. The molecule has 0 radical (unpaired) electrons. The summed E-state index contributed by atoms with van der Waals surface area (Å²) < 4.78 is 40.0. The highest BCUT2D eigenvalue weighted by atomic mass is 32.2. The minimum absolute atomic E-state index is 0.00288. The average molecular weight is 496 g/mol. The van der Waals surface area contributed by atoms with Gasteiger partial charge in [-0.2, -0.15) is 0 Å². The largest absolute Gasteiger partial charge is 0.322 e. The Balaban J connectivity index is 1.58. The fraction of sp³-hybridized carbons (Fsp3) is 0.231. The Labute approximate surface area is 204 Å². The highest BCUT2D eigenvalue weighted by Crippen LogP contribution is 2.34. The van der Waals surface area contributed by atoms with Crippen LogP contribution >= 0.6 is 0 Å². The number of halogens is 1. The van der Waals surface area contributed by atoms with E-state index in [-0.39, 0.29) is 17.6 Å². The lowest BCUT2D eigenvalue weighted by Crippen LogP contribution is -2.36. The van der Waals surface area contributed by atoms with Crippen molar-refractivity contribution in [3.05, 3.63) is 89.2 Å². The summed E-state index contributed by atoms with van der Waals surface area (Å²) in [7, 11) is -3.48. The molecule has 182 valence electrons. The summed E-state index contributed by atoms with van der Waals surface area (Å²) in [4.78, 5) is 27.7. The number of nitrogens with zero attached hydrogens (tertiary/aromatic N) is 1. The number of amides is 2. The number of carbonyl (C=O) groups excluding carboxylic acids is 2. The van der Waals surface area contributed by atoms with Gasteiger partial charge >= 0.3 is 0 Å². The van der Waals surface area contributed by atoms with Crippen molar-refractivity contribution in [3.63, 3.8) is 0 Å². The number of nitrogens with one attached hydrogen (secondary N) is 2. The molecule has 2 N–H and O–H groups in total. The molecule has 9 heteroatoms. The molecule has 0 aromatic heterocycles. The standard InChI is InChI=1S/C26H26FN3O4S/c1-2-16-35(33,34)29-21-7-3-6-19(17-21)26(32)30-15-5-8-22-23(9-4-10-24(22)30)28-25(31)18-11-13-20(27)14-12-18/h3-4,6-7,9-14,17,29H,2,5,8,15-16H2,1H3,(H,28,31). The number of anilines is 3. The molecule has 0 unspecified atom stereocenters. The normalized spacial score (nSPS) is 13.1. The molecule has 4 rings (SSSR count). The second-order valence-electron chi connectivity index (χ2n) is 8.33. The summed E-state index contributed by atoms with van der Waals surface area (Å²) >= 11 is 0. The number of rotatable bonds is 7. The molecule has 7 nitrogen and oxygen atoms in total. The smallest absolute Gasteiger partial charge is 0.258 e. The third-order valence-electron chi connectivity index (χ3n) is 5.71. The summed E-state index contributed by atoms with van der Waals surface area (Å²) in [6.45, 7) is 2.27. The van der Waals surface area contributed by atoms with Gasteiger partial charge in [-0.15, -0.1) is 0 Å². The van der Waals surface area contributed by atoms with E-state index in [0.29, 0.717) is 54.0 Å². The zero-order valence-corrected chi connectivity index (χ0v) is 20.1. The van der Waals surface area contributed by atoms with Crippen LogP contribution in [0.1, 0.15) is 46.0 Å². The van der Waals surface area contributed by atoms with Gasteiger partial charge in [-0.3, -0.25) is 14.3 Å². The van der Waals surface area contributed by atoms with E-state index >= 15 is 0 Å². The van der Waals surface area contributed by atoms with Crippen LogP contribution in [0.4, 0.5) is 21.5 Å². The maximum Gasteiger partial charge on any atom is 0.258 e. The monoisotopic (exact) mass is 495 g/mol. The van der Waals surface area contributed by atoms with Gasteiger partial charge in [-0.1, -0.05) is 19.1 Å². The molecule has 35 heavy (non-hydrogen) atoms. The van der Waals surface area contributed by atoms with Gasteiger partial charge in [0.25, 0.3) is 11.8 Å². The summed E-state index contributed by atoms with van der Waals surface area (Å²) in [5.41, 5.74) is 3.14. The number of hydrogen-bond donors (Lipinski definition) is 2. The van der Waals surface area contributed by atoms with Gasteiger partial charge in [0.05, 0.1) is 5.75 Å². The summed E-state index contributed by atoms with van der Waals surface area (Å²) in [5.74, 6) is -1.05. The lowest BCUT2D eigenvalue weighted by Gasteiger charge is -2.31. The third kappa shape index (κ3) is 5.68. The molecule has 0 saturated heterocycles. The van der Waals surface area contributed by atoms with Gasteiger partial charge in [0.15, 0.2) is 0 Å². The SMILES string of the molecule is CCCS(=O)(=O)Nc1cccc(C(=O)N2CCCc3c(NC(=O)c4ccc(F)cc4)cccc32)c1. The lowest BCUT2D eigenvalue weighted by molar-refractivity contribution is 0.0984. The fourth-order valence-electron chi connectivity index (χ4n) is 4.12. The molecular formula is C26H26FN3O4S. The molecule has 1 heterocycles. The molecule has 0 spiro atoms. The highest BCUT2D eigenvalue weighted by Gasteiger charge is 2.26. The van der Waals surface area contributed by atoms with Gasteiger partial charge in [0.1, 0.15) is 5.82 Å². The Hall–Kier alpha value is -3.72. The van der Waals surface area contributed by atoms with Crippen LogP contribution < -0.4 is 14.9 Å². The van der Waals surface area contributed by atoms with Gasteiger partial charge in [0, 0.05) is 34.7 Å². The van der Waals surface area contributed by atoms with Gasteiger partial charge in [-0.05, 0) is 79.4 Å². The molecule has 0 bridgehead atoms. The van der Waals surface area contributed by atoms with Crippen molar-refractivity contribution in [2.75, 3.05) is 27.2 Å². The summed E-state index contributed by atoms with van der Waals surface area (Å²) in [6, 6.07) is 17.1.